The van der Waals surface area contributed by atoms with Gasteiger partial charge in [-0.1, -0.05) is 0 Å². The summed E-state index contributed by atoms with van der Waals surface area (Å²) in [4.78, 5) is 2.26. The van der Waals surface area contributed by atoms with Crippen LogP contribution in [-0.4, -0.2) is 55.7 Å². The predicted octanol–water partition coefficient (Wildman–Crippen LogP) is 0.283. The smallest absolute Gasteiger partial charge is 0.161 e. The van der Waals surface area contributed by atoms with Crippen molar-refractivity contribution in [2.45, 2.75) is 36.8 Å². The van der Waals surface area contributed by atoms with Gasteiger partial charge in [-0.15, -0.1) is 0 Å². The molecule has 2 saturated heterocycles. The van der Waals surface area contributed by atoms with Crippen molar-refractivity contribution in [2.24, 2.45) is 0 Å². The summed E-state index contributed by atoms with van der Waals surface area (Å²) in [6.07, 6.45) is 0. The average Bonchev–Trinajstić information content (AvgIpc) is 2.19. The standard InChI is InChI=1S/C10H19NO3S/c1-8-9(10(2,3)15(8,12)13)11-4-6-14-7-5-11/h8-9H,4-7H2,1-3H3/t8?,9-/m1/s1. The molecule has 0 amide bonds. The largest absolute Gasteiger partial charge is 0.379 e. The Morgan fingerprint density at radius 1 is 1.27 bits per heavy atom. The van der Waals surface area contributed by atoms with Crippen molar-refractivity contribution in [1.82, 2.24) is 4.90 Å². The fourth-order valence-electron chi connectivity index (χ4n) is 2.90. The molecule has 0 N–H and O–H groups in total. The molecular formula is C10H19NO3S. The first-order valence-electron chi connectivity index (χ1n) is 5.44. The van der Waals surface area contributed by atoms with Crippen molar-refractivity contribution < 1.29 is 13.2 Å². The van der Waals surface area contributed by atoms with E-state index in [0.717, 1.165) is 26.3 Å². The molecular weight excluding hydrogens is 214 g/mol. The maximum Gasteiger partial charge on any atom is 0.161 e. The third-order valence-electron chi connectivity index (χ3n) is 3.82. The number of nitrogens with zero attached hydrogens (tertiary/aromatic N) is 1. The lowest BCUT2D eigenvalue weighted by Gasteiger charge is -2.54. The van der Waals surface area contributed by atoms with Gasteiger partial charge in [-0.2, -0.15) is 0 Å². The van der Waals surface area contributed by atoms with Crippen LogP contribution in [0.15, 0.2) is 0 Å². The summed E-state index contributed by atoms with van der Waals surface area (Å²) < 4.78 is 28.4. The normalized spacial score (nSPS) is 39.7. The van der Waals surface area contributed by atoms with E-state index in [9.17, 15) is 8.42 Å². The number of ether oxygens (including phenoxy) is 1. The van der Waals surface area contributed by atoms with E-state index in [0.29, 0.717) is 0 Å². The van der Waals surface area contributed by atoms with E-state index in [1.807, 2.05) is 20.8 Å². The first-order valence-corrected chi connectivity index (χ1v) is 6.99. The molecule has 2 atom stereocenters. The van der Waals surface area contributed by atoms with E-state index in [4.69, 9.17) is 4.74 Å². The lowest BCUT2D eigenvalue weighted by atomic mass is 9.96. The van der Waals surface area contributed by atoms with Crippen molar-refractivity contribution in [3.8, 4) is 0 Å². The van der Waals surface area contributed by atoms with Gasteiger partial charge in [-0.3, -0.25) is 4.90 Å². The van der Waals surface area contributed by atoms with Crippen LogP contribution in [0.4, 0.5) is 0 Å². The molecule has 2 fully saturated rings. The monoisotopic (exact) mass is 233 g/mol. The molecule has 0 radical (unpaired) electrons. The highest BCUT2D eigenvalue weighted by Crippen LogP contribution is 2.43. The Kier molecular flexibility index (Phi) is 2.60. The van der Waals surface area contributed by atoms with Crippen LogP contribution in [0.2, 0.25) is 0 Å². The molecule has 15 heavy (non-hydrogen) atoms. The molecule has 4 nitrogen and oxygen atoms in total. The van der Waals surface area contributed by atoms with Crippen molar-refractivity contribution in [1.29, 1.82) is 0 Å². The molecule has 2 rings (SSSR count). The highest BCUT2D eigenvalue weighted by Gasteiger charge is 2.61. The van der Waals surface area contributed by atoms with Gasteiger partial charge in [0, 0.05) is 19.1 Å². The Bertz CT molecular complexity index is 344. The molecule has 1 unspecified atom stereocenters. The molecule has 0 aromatic heterocycles. The minimum atomic E-state index is -2.92. The van der Waals surface area contributed by atoms with E-state index in [1.54, 1.807) is 0 Å². The van der Waals surface area contributed by atoms with Crippen molar-refractivity contribution in [3.63, 3.8) is 0 Å². The highest BCUT2D eigenvalue weighted by atomic mass is 32.2. The van der Waals surface area contributed by atoms with Crippen LogP contribution in [0.3, 0.4) is 0 Å². The molecule has 5 heteroatoms. The van der Waals surface area contributed by atoms with Gasteiger partial charge >= 0.3 is 0 Å². The topological polar surface area (TPSA) is 46.6 Å². The van der Waals surface area contributed by atoms with Crippen LogP contribution >= 0.6 is 0 Å². The Morgan fingerprint density at radius 2 is 1.80 bits per heavy atom. The lowest BCUT2D eigenvalue weighted by Crippen LogP contribution is -2.72. The van der Waals surface area contributed by atoms with Gasteiger partial charge in [-0.25, -0.2) is 8.42 Å². The molecule has 2 heterocycles. The van der Waals surface area contributed by atoms with Gasteiger partial charge in [0.2, 0.25) is 0 Å². The molecule has 0 aliphatic carbocycles. The fourth-order valence-corrected chi connectivity index (χ4v) is 5.18. The van der Waals surface area contributed by atoms with Gasteiger partial charge in [0.15, 0.2) is 9.84 Å². The van der Waals surface area contributed by atoms with E-state index in [1.165, 1.54) is 0 Å². The lowest BCUT2D eigenvalue weighted by molar-refractivity contribution is 0.00280. The second-order valence-corrected chi connectivity index (χ2v) is 7.83. The molecule has 0 aromatic carbocycles. The van der Waals surface area contributed by atoms with Crippen LogP contribution in [0.25, 0.3) is 0 Å². The first-order chi connectivity index (χ1) is 6.89. The molecule has 0 spiro atoms. The number of hydrogen-bond acceptors (Lipinski definition) is 4. The van der Waals surface area contributed by atoms with E-state index < -0.39 is 14.6 Å². The van der Waals surface area contributed by atoms with E-state index in [-0.39, 0.29) is 11.3 Å². The van der Waals surface area contributed by atoms with E-state index >= 15 is 0 Å². The van der Waals surface area contributed by atoms with Crippen LogP contribution in [0.5, 0.6) is 0 Å². The van der Waals surface area contributed by atoms with Crippen LogP contribution < -0.4 is 0 Å². The number of hydrogen-bond donors (Lipinski definition) is 0. The summed E-state index contributed by atoms with van der Waals surface area (Å²) in [6, 6.07) is 0.159. The minimum absolute atomic E-state index is 0.159. The molecule has 88 valence electrons. The zero-order valence-electron chi connectivity index (χ0n) is 9.56. The van der Waals surface area contributed by atoms with Gasteiger partial charge in [0.25, 0.3) is 0 Å². The van der Waals surface area contributed by atoms with Crippen molar-refractivity contribution in [2.75, 3.05) is 26.3 Å². The first kappa shape index (κ1) is 11.4. The zero-order valence-corrected chi connectivity index (χ0v) is 10.4. The maximum atomic E-state index is 11.9. The summed E-state index contributed by atoms with van der Waals surface area (Å²) in [7, 11) is -2.92. The third-order valence-corrected chi connectivity index (χ3v) is 6.76. The number of morpholine rings is 1. The van der Waals surface area contributed by atoms with Crippen molar-refractivity contribution in [3.05, 3.63) is 0 Å². The summed E-state index contributed by atoms with van der Waals surface area (Å²) in [5.74, 6) is 0. The third kappa shape index (κ3) is 1.44. The fraction of sp³-hybridized carbons (Fsp3) is 1.00. The highest BCUT2D eigenvalue weighted by molar-refractivity contribution is 7.95. The SMILES string of the molecule is CC1[C@@H](N2CCOCC2)C(C)(C)S1(=O)=O. The summed E-state index contributed by atoms with van der Waals surface area (Å²) in [6.45, 7) is 8.65. The second kappa shape index (κ2) is 3.43. The molecule has 0 aromatic rings. The van der Waals surface area contributed by atoms with Crippen LogP contribution in [-0.2, 0) is 14.6 Å². The molecule has 0 bridgehead atoms. The summed E-state index contributed by atoms with van der Waals surface area (Å²) >= 11 is 0. The molecule has 2 aliphatic rings. The number of rotatable bonds is 1. The van der Waals surface area contributed by atoms with Gasteiger partial charge in [-0.05, 0) is 20.8 Å². The second-order valence-electron chi connectivity index (χ2n) is 4.95. The van der Waals surface area contributed by atoms with Crippen LogP contribution in [0.1, 0.15) is 20.8 Å². The Labute approximate surface area is 91.5 Å². The Hall–Kier alpha value is -0.130. The summed E-state index contributed by atoms with van der Waals surface area (Å²) in [5, 5.41) is -0.231. The average molecular weight is 233 g/mol. The van der Waals surface area contributed by atoms with E-state index in [2.05, 4.69) is 4.90 Å². The maximum absolute atomic E-state index is 11.9. The molecule has 0 saturated carbocycles. The Morgan fingerprint density at radius 3 is 2.27 bits per heavy atom. The minimum Gasteiger partial charge on any atom is -0.379 e. The number of sulfone groups is 1. The zero-order chi connectivity index (χ0) is 11.3. The van der Waals surface area contributed by atoms with Gasteiger partial charge < -0.3 is 4.74 Å². The van der Waals surface area contributed by atoms with Gasteiger partial charge in [0.1, 0.15) is 0 Å². The predicted molar refractivity (Wildman–Crippen MR) is 58.6 cm³/mol. The van der Waals surface area contributed by atoms with Crippen LogP contribution in [0, 0.1) is 0 Å². The Balaban J connectivity index is 2.17. The summed E-state index contributed by atoms with van der Waals surface area (Å²) in [5.41, 5.74) is 0. The van der Waals surface area contributed by atoms with Crippen molar-refractivity contribution >= 4 is 9.84 Å². The molecule has 2 aliphatic heterocycles. The quantitative estimate of drug-likeness (QED) is 0.653. The van der Waals surface area contributed by atoms with Gasteiger partial charge in [0.05, 0.1) is 23.2 Å².